The zero-order valence-electron chi connectivity index (χ0n) is 18.4. The molecule has 9 heteroatoms. The Hall–Kier alpha value is -2.13. The number of fused-ring (bicyclic) bond motifs is 1. The van der Waals surface area contributed by atoms with Crippen molar-refractivity contribution in [1.82, 2.24) is 4.72 Å². The average molecular weight is 455 g/mol. The summed E-state index contributed by atoms with van der Waals surface area (Å²) in [5.41, 5.74) is 0.483. The van der Waals surface area contributed by atoms with Gasteiger partial charge in [0.25, 0.3) is 0 Å². The molecule has 174 valence electrons. The number of nitrogens with one attached hydrogen (secondary N) is 1. The van der Waals surface area contributed by atoms with E-state index in [4.69, 9.17) is 9.84 Å². The van der Waals surface area contributed by atoms with Gasteiger partial charge in [0.15, 0.2) is 0 Å². The van der Waals surface area contributed by atoms with Gasteiger partial charge in [0, 0.05) is 19.9 Å². The molecular formula is C22H34N2O6S. The van der Waals surface area contributed by atoms with Crippen LogP contribution in [0.4, 0.5) is 5.69 Å². The molecule has 1 atom stereocenters. The van der Waals surface area contributed by atoms with Gasteiger partial charge in [-0.05, 0) is 38.0 Å². The van der Waals surface area contributed by atoms with E-state index < -0.39 is 16.0 Å². The molecule has 2 N–H and O–H groups in total. The van der Waals surface area contributed by atoms with Gasteiger partial charge in [-0.2, -0.15) is 0 Å². The molecule has 31 heavy (non-hydrogen) atoms. The average Bonchev–Trinajstić information content (AvgIpc) is 2.70. The number of anilines is 1. The lowest BCUT2D eigenvalue weighted by Gasteiger charge is -2.33. The molecule has 2 rings (SSSR count). The third-order valence-corrected chi connectivity index (χ3v) is 6.75. The Morgan fingerprint density at radius 2 is 1.71 bits per heavy atom. The number of nitrogens with zero attached hydrogens (tertiary/aromatic N) is 1. The normalized spacial score (nSPS) is 15.9. The number of hydrogen-bond donors (Lipinski definition) is 2. The van der Waals surface area contributed by atoms with E-state index in [2.05, 4.69) is 4.72 Å². The van der Waals surface area contributed by atoms with Crippen molar-refractivity contribution in [2.24, 2.45) is 0 Å². The second kappa shape index (κ2) is 12.0. The van der Waals surface area contributed by atoms with Gasteiger partial charge in [0.05, 0.1) is 17.1 Å². The fourth-order valence-electron chi connectivity index (χ4n) is 3.63. The van der Waals surface area contributed by atoms with E-state index in [9.17, 15) is 18.0 Å². The summed E-state index contributed by atoms with van der Waals surface area (Å²) in [6, 6.07) is 4.60. The molecule has 0 saturated heterocycles. The third-order valence-electron chi connectivity index (χ3n) is 5.29. The van der Waals surface area contributed by atoms with E-state index in [-0.39, 0.29) is 23.3 Å². The molecule has 0 saturated carbocycles. The van der Waals surface area contributed by atoms with Crippen LogP contribution in [0.15, 0.2) is 23.1 Å². The van der Waals surface area contributed by atoms with Gasteiger partial charge < -0.3 is 14.7 Å². The van der Waals surface area contributed by atoms with E-state index in [1.165, 1.54) is 19.1 Å². The maximum Gasteiger partial charge on any atom is 0.303 e. The molecule has 1 aliphatic rings. The molecule has 1 aromatic carbocycles. The summed E-state index contributed by atoms with van der Waals surface area (Å²) in [4.78, 5) is 24.1. The Balaban J connectivity index is 1.74. The van der Waals surface area contributed by atoms with Crippen molar-refractivity contribution in [1.29, 1.82) is 0 Å². The van der Waals surface area contributed by atoms with Crippen LogP contribution in [0.5, 0.6) is 5.75 Å². The smallest absolute Gasteiger partial charge is 0.303 e. The molecule has 0 radical (unpaired) electrons. The Morgan fingerprint density at radius 3 is 2.32 bits per heavy atom. The molecule has 1 unspecified atom stereocenters. The van der Waals surface area contributed by atoms with E-state index in [0.717, 1.165) is 51.4 Å². The Bertz CT molecular complexity index is 856. The maximum atomic E-state index is 12.6. The Labute approximate surface area is 185 Å². The number of rotatable bonds is 13. The fourth-order valence-corrected chi connectivity index (χ4v) is 4.73. The van der Waals surface area contributed by atoms with E-state index in [0.29, 0.717) is 24.5 Å². The van der Waals surface area contributed by atoms with Gasteiger partial charge in [-0.3, -0.25) is 9.59 Å². The van der Waals surface area contributed by atoms with Crippen molar-refractivity contribution in [3.8, 4) is 5.75 Å². The maximum absolute atomic E-state index is 12.6. The highest BCUT2D eigenvalue weighted by Crippen LogP contribution is 2.35. The highest BCUT2D eigenvalue weighted by atomic mass is 32.2. The number of sulfonamides is 1. The SMILES string of the molecule is CC(=O)N1CC(C)Oc2ccc(S(=O)(=O)NCCCCCCCCCCC(=O)O)cc21. The molecule has 0 fully saturated rings. The van der Waals surface area contributed by atoms with Crippen LogP contribution < -0.4 is 14.4 Å². The summed E-state index contributed by atoms with van der Waals surface area (Å²) in [5.74, 6) is -0.381. The van der Waals surface area contributed by atoms with Gasteiger partial charge in [0.1, 0.15) is 11.9 Å². The molecule has 0 aliphatic carbocycles. The Morgan fingerprint density at radius 1 is 1.10 bits per heavy atom. The highest BCUT2D eigenvalue weighted by Gasteiger charge is 2.27. The lowest BCUT2D eigenvalue weighted by atomic mass is 10.1. The van der Waals surface area contributed by atoms with E-state index in [1.807, 2.05) is 6.92 Å². The number of carbonyl (C=O) groups is 2. The van der Waals surface area contributed by atoms with Crippen molar-refractivity contribution >= 4 is 27.6 Å². The van der Waals surface area contributed by atoms with E-state index >= 15 is 0 Å². The number of unbranched alkanes of at least 4 members (excludes halogenated alkanes) is 7. The third kappa shape index (κ3) is 8.14. The van der Waals surface area contributed by atoms with Crippen LogP contribution in [0.25, 0.3) is 0 Å². The van der Waals surface area contributed by atoms with Crippen LogP contribution in [-0.2, 0) is 19.6 Å². The van der Waals surface area contributed by atoms with Crippen LogP contribution in [0.1, 0.15) is 71.6 Å². The quantitative estimate of drug-likeness (QED) is 0.440. The molecule has 1 aliphatic heterocycles. The predicted octanol–water partition coefficient (Wildman–Crippen LogP) is 3.69. The molecule has 0 spiro atoms. The van der Waals surface area contributed by atoms with Crippen molar-refractivity contribution in [3.63, 3.8) is 0 Å². The molecule has 1 amide bonds. The lowest BCUT2D eigenvalue weighted by Crippen LogP contribution is -2.41. The van der Waals surface area contributed by atoms with Gasteiger partial charge in [-0.25, -0.2) is 13.1 Å². The van der Waals surface area contributed by atoms with Crippen LogP contribution >= 0.6 is 0 Å². The molecule has 8 nitrogen and oxygen atoms in total. The molecule has 1 aromatic rings. The largest absolute Gasteiger partial charge is 0.487 e. The second-order valence-corrected chi connectivity index (χ2v) is 9.82. The minimum atomic E-state index is -3.66. The van der Waals surface area contributed by atoms with Gasteiger partial charge in [-0.1, -0.05) is 38.5 Å². The lowest BCUT2D eigenvalue weighted by molar-refractivity contribution is -0.137. The number of carboxylic acids is 1. The van der Waals surface area contributed by atoms with Gasteiger partial charge in [-0.15, -0.1) is 0 Å². The summed E-state index contributed by atoms with van der Waals surface area (Å²) in [5, 5.41) is 8.59. The minimum Gasteiger partial charge on any atom is -0.487 e. The number of ether oxygens (including phenoxy) is 1. The number of carbonyl (C=O) groups excluding carboxylic acids is 1. The summed E-state index contributed by atoms with van der Waals surface area (Å²) < 4.78 is 33.6. The number of carboxylic acid groups (broad SMARTS) is 1. The van der Waals surface area contributed by atoms with Crippen molar-refractivity contribution < 1.29 is 27.9 Å². The number of benzene rings is 1. The van der Waals surface area contributed by atoms with Crippen molar-refractivity contribution in [3.05, 3.63) is 18.2 Å². The highest BCUT2D eigenvalue weighted by molar-refractivity contribution is 7.89. The number of aliphatic carboxylic acids is 1. The van der Waals surface area contributed by atoms with Crippen molar-refractivity contribution in [2.45, 2.75) is 82.6 Å². The monoisotopic (exact) mass is 454 g/mol. The first-order valence-corrected chi connectivity index (χ1v) is 12.5. The second-order valence-electron chi connectivity index (χ2n) is 8.06. The van der Waals surface area contributed by atoms with Crippen LogP contribution in [-0.4, -0.2) is 44.6 Å². The Kier molecular flexibility index (Phi) is 9.77. The van der Waals surface area contributed by atoms with Crippen molar-refractivity contribution in [2.75, 3.05) is 18.0 Å². The first kappa shape index (κ1) is 25.1. The van der Waals surface area contributed by atoms with Crippen LogP contribution in [0, 0.1) is 0 Å². The van der Waals surface area contributed by atoms with Crippen LogP contribution in [0.2, 0.25) is 0 Å². The molecule has 0 aromatic heterocycles. The van der Waals surface area contributed by atoms with Gasteiger partial charge in [0.2, 0.25) is 15.9 Å². The zero-order valence-corrected chi connectivity index (χ0v) is 19.2. The number of amides is 1. The standard InChI is InChI=1S/C22H34N2O6S/c1-17-16-24(18(2)25)20-15-19(12-13-21(20)30-17)31(28,29)23-14-10-8-6-4-3-5-7-9-11-22(26)27/h12-13,15,17,23H,3-11,14,16H2,1-2H3,(H,26,27). The predicted molar refractivity (Wildman–Crippen MR) is 119 cm³/mol. The first-order valence-electron chi connectivity index (χ1n) is 11.0. The zero-order chi connectivity index (χ0) is 22.9. The summed E-state index contributed by atoms with van der Waals surface area (Å²) in [7, 11) is -3.66. The van der Waals surface area contributed by atoms with Gasteiger partial charge >= 0.3 is 5.97 Å². The summed E-state index contributed by atoms with van der Waals surface area (Å²) in [6.45, 7) is 4.07. The van der Waals surface area contributed by atoms with Crippen LogP contribution in [0.3, 0.4) is 0 Å². The summed E-state index contributed by atoms with van der Waals surface area (Å²) >= 11 is 0. The minimum absolute atomic E-state index is 0.122. The van der Waals surface area contributed by atoms with E-state index in [1.54, 1.807) is 11.0 Å². The number of hydrogen-bond acceptors (Lipinski definition) is 5. The molecular weight excluding hydrogens is 420 g/mol. The summed E-state index contributed by atoms with van der Waals surface area (Å²) in [6.07, 6.45) is 7.67. The molecule has 0 bridgehead atoms. The topological polar surface area (TPSA) is 113 Å². The first-order chi connectivity index (χ1) is 14.7. The molecule has 1 heterocycles. The fraction of sp³-hybridized carbons (Fsp3) is 0.636.